The van der Waals surface area contributed by atoms with Gasteiger partial charge in [0, 0.05) is 11.0 Å². The van der Waals surface area contributed by atoms with Gasteiger partial charge in [-0.2, -0.15) is 0 Å². The Morgan fingerprint density at radius 3 is 2.41 bits per heavy atom. The second kappa shape index (κ2) is 5.17. The van der Waals surface area contributed by atoms with Gasteiger partial charge < -0.3 is 14.2 Å². The van der Waals surface area contributed by atoms with Gasteiger partial charge in [0.05, 0.1) is 21.2 Å². The Bertz CT molecular complexity index is 706. The molecule has 0 aromatic carbocycles. The predicted octanol–water partition coefficient (Wildman–Crippen LogP) is 4.87. The largest absolute Gasteiger partial charge is 0.492 e. The fourth-order valence-electron chi connectivity index (χ4n) is 2.90. The summed E-state index contributed by atoms with van der Waals surface area (Å²) in [4.78, 5) is 3.64. The highest BCUT2D eigenvalue weighted by Gasteiger charge is 2.33. The highest BCUT2D eigenvalue weighted by molar-refractivity contribution is 7.22. The number of hydrogen-bond acceptors (Lipinski definition) is 5. The molecule has 22 heavy (non-hydrogen) atoms. The van der Waals surface area contributed by atoms with E-state index in [1.807, 2.05) is 0 Å². The highest BCUT2D eigenvalue weighted by atomic mass is 32.1. The van der Waals surface area contributed by atoms with E-state index in [1.165, 1.54) is 20.2 Å². The van der Waals surface area contributed by atoms with Crippen LogP contribution < -0.4 is 14.2 Å². The normalized spacial score (nSPS) is 17.0. The third-order valence-corrected chi connectivity index (χ3v) is 6.69. The van der Waals surface area contributed by atoms with E-state index in [9.17, 15) is 0 Å². The maximum Gasteiger partial charge on any atom is 0.181 e. The fraction of sp³-hybridized carbons (Fsp3) is 0.529. The minimum atomic E-state index is 0.0475. The molecule has 0 unspecified atom stereocenters. The molecule has 2 aliphatic heterocycles. The first kappa shape index (κ1) is 14.4. The van der Waals surface area contributed by atoms with Crippen LogP contribution in [0.4, 0.5) is 0 Å². The lowest BCUT2D eigenvalue weighted by molar-refractivity contribution is 0.171. The van der Waals surface area contributed by atoms with Crippen molar-refractivity contribution in [1.82, 2.24) is 0 Å². The summed E-state index contributed by atoms with van der Waals surface area (Å²) in [5.74, 6) is 2.92. The number of fused-ring (bicyclic) bond motifs is 2. The Morgan fingerprint density at radius 2 is 1.64 bits per heavy atom. The smallest absolute Gasteiger partial charge is 0.181 e. The lowest BCUT2D eigenvalue weighted by Gasteiger charge is -2.22. The van der Waals surface area contributed by atoms with E-state index in [-0.39, 0.29) is 5.41 Å². The Labute approximate surface area is 138 Å². The van der Waals surface area contributed by atoms with Crippen LogP contribution in [0.1, 0.15) is 37.6 Å². The van der Waals surface area contributed by atoms with E-state index in [0.29, 0.717) is 13.2 Å². The number of ether oxygens (including phenoxy) is 3. The molecule has 4 rings (SSSR count). The number of aryl methyl sites for hydroxylation is 1. The quantitative estimate of drug-likeness (QED) is 0.743. The molecule has 4 heterocycles. The highest BCUT2D eigenvalue weighted by Crippen LogP contribution is 2.56. The van der Waals surface area contributed by atoms with Gasteiger partial charge in [0.1, 0.15) is 19.0 Å². The van der Waals surface area contributed by atoms with Crippen molar-refractivity contribution in [2.45, 2.75) is 39.0 Å². The van der Waals surface area contributed by atoms with Crippen molar-refractivity contribution in [3.8, 4) is 27.0 Å². The van der Waals surface area contributed by atoms with E-state index in [1.54, 1.807) is 22.7 Å². The van der Waals surface area contributed by atoms with Gasteiger partial charge in [-0.3, -0.25) is 0 Å². The molecule has 3 nitrogen and oxygen atoms in total. The summed E-state index contributed by atoms with van der Waals surface area (Å²) in [5.41, 5.74) is 1.38. The molecule has 0 fully saturated rings. The lowest BCUT2D eigenvalue weighted by atomic mass is 9.94. The molecule has 0 bridgehead atoms. The molecule has 0 spiro atoms. The molecule has 0 amide bonds. The summed E-state index contributed by atoms with van der Waals surface area (Å²) in [7, 11) is 0. The van der Waals surface area contributed by atoms with Crippen molar-refractivity contribution in [2.75, 3.05) is 19.8 Å². The minimum absolute atomic E-state index is 0.0475. The zero-order chi connectivity index (χ0) is 15.3. The zero-order valence-electron chi connectivity index (χ0n) is 13.2. The maximum atomic E-state index is 5.98. The van der Waals surface area contributed by atoms with E-state index in [2.05, 4.69) is 26.2 Å². The summed E-state index contributed by atoms with van der Waals surface area (Å²) in [6.07, 6.45) is 2.22. The van der Waals surface area contributed by atoms with Crippen LogP contribution in [0, 0.1) is 0 Å². The first-order valence-corrected chi connectivity index (χ1v) is 9.41. The predicted molar refractivity (Wildman–Crippen MR) is 91.1 cm³/mol. The van der Waals surface area contributed by atoms with Gasteiger partial charge >= 0.3 is 0 Å². The van der Waals surface area contributed by atoms with Crippen LogP contribution in [0.25, 0.3) is 9.75 Å². The van der Waals surface area contributed by atoms with E-state index < -0.39 is 0 Å². The second-order valence-corrected chi connectivity index (χ2v) is 8.64. The summed E-state index contributed by atoms with van der Waals surface area (Å²) in [6.45, 7) is 8.73. The molecule has 0 atom stereocenters. The molecule has 5 heteroatoms. The van der Waals surface area contributed by atoms with Crippen LogP contribution in [-0.4, -0.2) is 19.8 Å². The maximum absolute atomic E-state index is 5.98. The van der Waals surface area contributed by atoms with E-state index >= 15 is 0 Å². The van der Waals surface area contributed by atoms with Gasteiger partial charge in [0.15, 0.2) is 11.5 Å². The van der Waals surface area contributed by atoms with Crippen LogP contribution in [-0.2, 0) is 11.8 Å². The molecular formula is C17H20O3S2. The van der Waals surface area contributed by atoms with E-state index in [4.69, 9.17) is 14.2 Å². The summed E-state index contributed by atoms with van der Waals surface area (Å²) in [5, 5.41) is 2.23. The standard InChI is InChI=1S/C17H20O3S2/c1-17(2,3)16-13-12(19-7-8-20-13)15(22-16)14-11-10(9-21-14)5-4-6-18-11/h9H,4-8H2,1-3H3. The van der Waals surface area contributed by atoms with Crippen LogP contribution >= 0.6 is 22.7 Å². The van der Waals surface area contributed by atoms with Crippen LogP contribution in [0.2, 0.25) is 0 Å². The molecule has 2 aliphatic rings. The Hall–Kier alpha value is -1.20. The fourth-order valence-corrected chi connectivity index (χ4v) is 5.34. The Balaban J connectivity index is 1.89. The molecule has 0 N–H and O–H groups in total. The molecule has 0 saturated heterocycles. The van der Waals surface area contributed by atoms with Crippen molar-refractivity contribution in [3.05, 3.63) is 15.8 Å². The lowest BCUT2D eigenvalue weighted by Crippen LogP contribution is -2.18. The van der Waals surface area contributed by atoms with Crippen LogP contribution in [0.15, 0.2) is 5.38 Å². The molecule has 2 aromatic heterocycles. The topological polar surface area (TPSA) is 27.7 Å². The van der Waals surface area contributed by atoms with Gasteiger partial charge in [0.25, 0.3) is 0 Å². The van der Waals surface area contributed by atoms with Crippen molar-refractivity contribution >= 4 is 22.7 Å². The first-order valence-electron chi connectivity index (χ1n) is 7.72. The second-order valence-electron chi connectivity index (χ2n) is 6.74. The van der Waals surface area contributed by atoms with Crippen molar-refractivity contribution in [2.24, 2.45) is 0 Å². The molecule has 0 radical (unpaired) electrons. The monoisotopic (exact) mass is 336 g/mol. The van der Waals surface area contributed by atoms with Crippen molar-refractivity contribution in [1.29, 1.82) is 0 Å². The van der Waals surface area contributed by atoms with Gasteiger partial charge in [-0.25, -0.2) is 0 Å². The van der Waals surface area contributed by atoms with Crippen LogP contribution in [0.5, 0.6) is 17.2 Å². The number of thiophene rings is 2. The van der Waals surface area contributed by atoms with Crippen molar-refractivity contribution in [3.63, 3.8) is 0 Å². The van der Waals surface area contributed by atoms with Gasteiger partial charge in [0.2, 0.25) is 0 Å². The molecular weight excluding hydrogens is 316 g/mol. The molecule has 0 aliphatic carbocycles. The summed E-state index contributed by atoms with van der Waals surface area (Å²) < 4.78 is 17.9. The number of hydrogen-bond donors (Lipinski definition) is 0. The zero-order valence-corrected chi connectivity index (χ0v) is 14.8. The average Bonchev–Trinajstić information content (AvgIpc) is 3.07. The van der Waals surface area contributed by atoms with Crippen molar-refractivity contribution < 1.29 is 14.2 Å². The van der Waals surface area contributed by atoms with Gasteiger partial charge in [-0.05, 0) is 18.2 Å². The third-order valence-electron chi connectivity index (χ3n) is 3.94. The van der Waals surface area contributed by atoms with Crippen LogP contribution in [0.3, 0.4) is 0 Å². The Morgan fingerprint density at radius 1 is 0.909 bits per heavy atom. The summed E-state index contributed by atoms with van der Waals surface area (Å²) >= 11 is 3.56. The molecule has 2 aromatic rings. The average molecular weight is 336 g/mol. The SMILES string of the molecule is CC(C)(C)c1sc(-c2scc3c2OCCC3)c2c1OCCO2. The first-order chi connectivity index (χ1) is 10.6. The van der Waals surface area contributed by atoms with Gasteiger partial charge in [-0.15, -0.1) is 22.7 Å². The van der Waals surface area contributed by atoms with Gasteiger partial charge in [-0.1, -0.05) is 20.8 Å². The molecule has 118 valence electrons. The molecule has 0 saturated carbocycles. The minimum Gasteiger partial charge on any atom is -0.492 e. The Kier molecular flexibility index (Phi) is 3.38. The number of rotatable bonds is 1. The summed E-state index contributed by atoms with van der Waals surface area (Å²) in [6, 6.07) is 0. The van der Waals surface area contributed by atoms with E-state index in [0.717, 1.165) is 36.7 Å². The third kappa shape index (κ3) is 2.22.